The maximum absolute atomic E-state index is 11.9. The second-order valence-corrected chi connectivity index (χ2v) is 5.52. The summed E-state index contributed by atoms with van der Waals surface area (Å²) in [6, 6.07) is 1.43. The van der Waals surface area contributed by atoms with Gasteiger partial charge in [-0.3, -0.25) is 9.59 Å². The Bertz CT molecular complexity index is 535. The van der Waals surface area contributed by atoms with Crippen molar-refractivity contribution in [2.45, 2.75) is 51.2 Å². The van der Waals surface area contributed by atoms with E-state index in [1.165, 1.54) is 12.3 Å². The van der Waals surface area contributed by atoms with Gasteiger partial charge in [0.2, 0.25) is 5.91 Å². The minimum atomic E-state index is -0.362. The number of carbonyl (C=O) groups is 1. The van der Waals surface area contributed by atoms with Gasteiger partial charge in [-0.15, -0.1) is 0 Å². The molecule has 7 heteroatoms. The Hall–Kier alpha value is -1.89. The van der Waals surface area contributed by atoms with E-state index in [2.05, 4.69) is 10.4 Å². The Kier molecular flexibility index (Phi) is 5.32. The number of aromatic nitrogens is 2. The lowest BCUT2D eigenvalue weighted by Gasteiger charge is -2.12. The molecule has 1 saturated carbocycles. The Morgan fingerprint density at radius 1 is 1.57 bits per heavy atom. The van der Waals surface area contributed by atoms with Crippen molar-refractivity contribution in [1.82, 2.24) is 15.1 Å². The van der Waals surface area contributed by atoms with Gasteiger partial charge in [0, 0.05) is 18.2 Å². The summed E-state index contributed by atoms with van der Waals surface area (Å²) < 4.78 is 6.44. The van der Waals surface area contributed by atoms with Crippen molar-refractivity contribution in [1.29, 1.82) is 0 Å². The number of nitrogens with zero attached hydrogens (tertiary/aromatic N) is 2. The second-order valence-electron chi connectivity index (χ2n) is 5.52. The first-order valence-corrected chi connectivity index (χ1v) is 7.29. The fourth-order valence-corrected chi connectivity index (χ4v) is 2.32. The molecule has 1 aliphatic rings. The summed E-state index contributed by atoms with van der Waals surface area (Å²) in [5, 5.41) is 6.87. The number of hydrogen-bond donors (Lipinski definition) is 2. The lowest BCUT2D eigenvalue weighted by atomic mass is 10.2. The molecule has 1 atom stereocenters. The summed E-state index contributed by atoms with van der Waals surface area (Å²) in [6.45, 7) is 2.05. The van der Waals surface area contributed by atoms with E-state index in [9.17, 15) is 9.59 Å². The summed E-state index contributed by atoms with van der Waals surface area (Å²) in [6.07, 6.45) is 5.74. The molecule has 2 rings (SSSR count). The van der Waals surface area contributed by atoms with Crippen molar-refractivity contribution in [2.24, 2.45) is 5.73 Å². The lowest BCUT2D eigenvalue weighted by molar-refractivity contribution is -0.122. The minimum absolute atomic E-state index is 0.0666. The Morgan fingerprint density at radius 2 is 2.29 bits per heavy atom. The number of nitrogens with two attached hydrogens (primary N) is 1. The summed E-state index contributed by atoms with van der Waals surface area (Å²) in [5.41, 5.74) is 5.21. The normalized spacial score (nSPS) is 16.7. The van der Waals surface area contributed by atoms with Crippen LogP contribution in [0.4, 0.5) is 0 Å². The third-order valence-electron chi connectivity index (χ3n) is 3.37. The van der Waals surface area contributed by atoms with Crippen molar-refractivity contribution in [3.05, 3.63) is 22.6 Å². The number of nitrogens with one attached hydrogen (secondary N) is 1. The van der Waals surface area contributed by atoms with E-state index in [1.807, 2.05) is 6.92 Å². The van der Waals surface area contributed by atoms with Gasteiger partial charge in [-0.1, -0.05) is 12.8 Å². The number of rotatable bonds is 6. The van der Waals surface area contributed by atoms with Crippen molar-refractivity contribution in [3.8, 4) is 5.75 Å². The Balaban J connectivity index is 1.90. The molecule has 0 spiro atoms. The van der Waals surface area contributed by atoms with Gasteiger partial charge in [-0.25, -0.2) is 4.68 Å². The molecule has 1 heterocycles. The van der Waals surface area contributed by atoms with E-state index >= 15 is 0 Å². The fraction of sp³-hybridized carbons (Fsp3) is 0.643. The standard InChI is InChI=1S/C14H22N4O3/c1-10(15)9-21-12-6-14(20)18(16-7-12)8-13(19)17-11-4-2-3-5-11/h6-7,10-11H,2-5,8-9,15H2,1H3,(H,17,19). The first-order valence-electron chi connectivity index (χ1n) is 7.29. The molecule has 1 aliphatic carbocycles. The smallest absolute Gasteiger partial charge is 0.270 e. The van der Waals surface area contributed by atoms with Crippen LogP contribution in [0.15, 0.2) is 17.1 Å². The van der Waals surface area contributed by atoms with Crippen molar-refractivity contribution in [3.63, 3.8) is 0 Å². The molecule has 116 valence electrons. The largest absolute Gasteiger partial charge is 0.490 e. The zero-order valence-corrected chi connectivity index (χ0v) is 12.2. The van der Waals surface area contributed by atoms with Crippen LogP contribution in [0.2, 0.25) is 0 Å². The average Bonchev–Trinajstić information content (AvgIpc) is 2.92. The van der Waals surface area contributed by atoms with E-state index in [-0.39, 0.29) is 30.1 Å². The molecule has 1 aromatic heterocycles. The van der Waals surface area contributed by atoms with E-state index in [0.29, 0.717) is 12.4 Å². The van der Waals surface area contributed by atoms with Crippen LogP contribution >= 0.6 is 0 Å². The molecule has 0 aliphatic heterocycles. The number of amides is 1. The summed E-state index contributed by atoms with van der Waals surface area (Å²) in [7, 11) is 0. The third kappa shape index (κ3) is 4.86. The van der Waals surface area contributed by atoms with Crippen LogP contribution in [0.1, 0.15) is 32.6 Å². The van der Waals surface area contributed by atoms with Crippen LogP contribution in [0.25, 0.3) is 0 Å². The van der Waals surface area contributed by atoms with Crippen LogP contribution in [-0.4, -0.2) is 34.4 Å². The molecule has 1 unspecified atom stereocenters. The molecule has 3 N–H and O–H groups in total. The quantitative estimate of drug-likeness (QED) is 0.771. The molecule has 21 heavy (non-hydrogen) atoms. The van der Waals surface area contributed by atoms with Crippen LogP contribution in [0.5, 0.6) is 5.75 Å². The van der Waals surface area contributed by atoms with Gasteiger partial charge < -0.3 is 15.8 Å². The van der Waals surface area contributed by atoms with Crippen molar-refractivity contribution < 1.29 is 9.53 Å². The topological polar surface area (TPSA) is 99.2 Å². The summed E-state index contributed by atoms with van der Waals surface area (Å²) >= 11 is 0. The first-order chi connectivity index (χ1) is 10.0. The molecular formula is C14H22N4O3. The fourth-order valence-electron chi connectivity index (χ4n) is 2.32. The maximum atomic E-state index is 11.9. The minimum Gasteiger partial charge on any atom is -0.490 e. The van der Waals surface area contributed by atoms with Crippen molar-refractivity contribution >= 4 is 5.91 Å². The van der Waals surface area contributed by atoms with Gasteiger partial charge in [0.25, 0.3) is 5.56 Å². The highest BCUT2D eigenvalue weighted by Gasteiger charge is 2.17. The predicted octanol–water partition coefficient (Wildman–Crippen LogP) is 0.0281. The van der Waals surface area contributed by atoms with Crippen LogP contribution in [-0.2, 0) is 11.3 Å². The summed E-state index contributed by atoms with van der Waals surface area (Å²) in [4.78, 5) is 23.7. The first kappa shape index (κ1) is 15.5. The van der Waals surface area contributed by atoms with Gasteiger partial charge in [-0.2, -0.15) is 5.10 Å². The molecule has 0 bridgehead atoms. The Labute approximate surface area is 123 Å². The van der Waals surface area contributed by atoms with Crippen LogP contribution < -0.4 is 21.3 Å². The SMILES string of the molecule is CC(N)COc1cnn(CC(=O)NC2CCCC2)c(=O)c1. The molecule has 1 fully saturated rings. The number of carbonyl (C=O) groups excluding carboxylic acids is 1. The highest BCUT2D eigenvalue weighted by molar-refractivity contribution is 5.75. The number of hydrogen-bond acceptors (Lipinski definition) is 5. The van der Waals surface area contributed by atoms with E-state index in [0.717, 1.165) is 30.4 Å². The van der Waals surface area contributed by atoms with Gasteiger partial charge in [-0.05, 0) is 19.8 Å². The van der Waals surface area contributed by atoms with Crippen molar-refractivity contribution in [2.75, 3.05) is 6.61 Å². The molecule has 0 saturated heterocycles. The molecule has 7 nitrogen and oxygen atoms in total. The molecular weight excluding hydrogens is 272 g/mol. The van der Waals surface area contributed by atoms with Crippen LogP contribution in [0, 0.1) is 0 Å². The van der Waals surface area contributed by atoms with Gasteiger partial charge in [0.15, 0.2) is 0 Å². The van der Waals surface area contributed by atoms with E-state index < -0.39 is 0 Å². The summed E-state index contributed by atoms with van der Waals surface area (Å²) in [5.74, 6) is 0.186. The molecule has 0 radical (unpaired) electrons. The van der Waals surface area contributed by atoms with E-state index in [1.54, 1.807) is 0 Å². The van der Waals surface area contributed by atoms with E-state index in [4.69, 9.17) is 10.5 Å². The molecule has 1 aromatic rings. The molecule has 1 amide bonds. The zero-order valence-electron chi connectivity index (χ0n) is 12.2. The van der Waals surface area contributed by atoms with Gasteiger partial charge in [0.1, 0.15) is 18.9 Å². The van der Waals surface area contributed by atoms with Gasteiger partial charge in [0.05, 0.1) is 6.20 Å². The average molecular weight is 294 g/mol. The lowest BCUT2D eigenvalue weighted by Crippen LogP contribution is -2.38. The predicted molar refractivity (Wildman–Crippen MR) is 78.0 cm³/mol. The molecule has 0 aromatic carbocycles. The highest BCUT2D eigenvalue weighted by Crippen LogP contribution is 2.17. The van der Waals surface area contributed by atoms with Gasteiger partial charge >= 0.3 is 0 Å². The zero-order chi connectivity index (χ0) is 15.2. The third-order valence-corrected chi connectivity index (χ3v) is 3.37. The second kappa shape index (κ2) is 7.21. The Morgan fingerprint density at radius 3 is 2.90 bits per heavy atom. The number of ether oxygens (including phenoxy) is 1. The highest BCUT2D eigenvalue weighted by atomic mass is 16.5. The monoisotopic (exact) mass is 294 g/mol. The van der Waals surface area contributed by atoms with Crippen LogP contribution in [0.3, 0.4) is 0 Å². The maximum Gasteiger partial charge on any atom is 0.270 e.